The van der Waals surface area contributed by atoms with Crippen LogP contribution in [-0.4, -0.2) is 22.5 Å². The van der Waals surface area contributed by atoms with Gasteiger partial charge in [-0.05, 0) is 62.7 Å². The lowest BCUT2D eigenvalue weighted by molar-refractivity contribution is 0.0635. The molecule has 5 nitrogen and oxygen atoms in total. The molecule has 2 aromatic rings. The number of aromatic nitrogens is 1. The van der Waals surface area contributed by atoms with Crippen molar-refractivity contribution in [2.24, 2.45) is 0 Å². The van der Waals surface area contributed by atoms with E-state index in [9.17, 15) is 14.0 Å². The molecule has 1 aromatic heterocycles. The summed E-state index contributed by atoms with van der Waals surface area (Å²) in [5.74, 6) is -0.368. The number of Topliss-reactive ketones (excluding diaryl/α,β-unsaturated/α-hetero) is 1. The monoisotopic (exact) mass is 408 g/mol. The van der Waals surface area contributed by atoms with E-state index >= 15 is 0 Å². The number of nitrogens with one attached hydrogen (secondary N) is 1. The summed E-state index contributed by atoms with van der Waals surface area (Å²) in [7, 11) is 0. The van der Waals surface area contributed by atoms with Crippen LogP contribution in [0.5, 0.6) is 0 Å². The Balaban J connectivity index is 2.13. The lowest BCUT2D eigenvalue weighted by Gasteiger charge is -2.19. The fraction of sp³-hybridized carbons (Fsp3) is 0.278. The Hall–Kier alpha value is -2.28. The summed E-state index contributed by atoms with van der Waals surface area (Å²) >= 11 is 3.34. The van der Waals surface area contributed by atoms with Gasteiger partial charge in [0, 0.05) is 11.8 Å². The number of pyridine rings is 1. The van der Waals surface area contributed by atoms with Crippen molar-refractivity contribution in [1.29, 1.82) is 0 Å². The van der Waals surface area contributed by atoms with E-state index in [1.807, 2.05) is 0 Å². The Morgan fingerprint density at radius 3 is 2.44 bits per heavy atom. The van der Waals surface area contributed by atoms with Crippen LogP contribution in [0.25, 0.3) is 0 Å². The number of halogens is 2. The fourth-order valence-corrected chi connectivity index (χ4v) is 2.54. The maximum atomic E-state index is 13.0. The van der Waals surface area contributed by atoms with Crippen molar-refractivity contribution in [3.63, 3.8) is 0 Å². The first-order valence-corrected chi connectivity index (χ1v) is 8.47. The molecule has 132 valence electrons. The molecule has 25 heavy (non-hydrogen) atoms. The van der Waals surface area contributed by atoms with Crippen LogP contribution in [0.1, 0.15) is 41.5 Å². The van der Waals surface area contributed by atoms with Crippen LogP contribution in [0.15, 0.2) is 42.6 Å². The van der Waals surface area contributed by atoms with Crippen molar-refractivity contribution in [2.75, 3.05) is 5.32 Å². The molecule has 0 saturated carbocycles. The van der Waals surface area contributed by atoms with Crippen LogP contribution in [-0.2, 0) is 4.74 Å². The smallest absolute Gasteiger partial charge is 0.413 e. The summed E-state index contributed by atoms with van der Waals surface area (Å²) in [6.45, 7) is 5.27. The van der Waals surface area contributed by atoms with E-state index in [-0.39, 0.29) is 11.6 Å². The van der Waals surface area contributed by atoms with Crippen molar-refractivity contribution in [1.82, 2.24) is 4.98 Å². The van der Waals surface area contributed by atoms with Crippen LogP contribution in [0.4, 0.5) is 15.0 Å². The SMILES string of the molecule is CC(C)(C)OC(=O)Nc1cc(C(Br)C(=O)c2ccc(F)cc2)ccn1. The summed E-state index contributed by atoms with van der Waals surface area (Å²) in [6.07, 6.45) is 0.849. The molecule has 1 heterocycles. The van der Waals surface area contributed by atoms with Crippen LogP contribution in [0.3, 0.4) is 0 Å². The van der Waals surface area contributed by atoms with E-state index in [4.69, 9.17) is 4.74 Å². The van der Waals surface area contributed by atoms with Gasteiger partial charge in [-0.2, -0.15) is 0 Å². The van der Waals surface area contributed by atoms with Gasteiger partial charge < -0.3 is 4.74 Å². The molecule has 1 unspecified atom stereocenters. The van der Waals surface area contributed by atoms with Crippen LogP contribution < -0.4 is 5.32 Å². The lowest BCUT2D eigenvalue weighted by Crippen LogP contribution is -2.27. The van der Waals surface area contributed by atoms with Crippen molar-refractivity contribution < 1.29 is 18.7 Å². The Bertz CT molecular complexity index is 773. The summed E-state index contributed by atoms with van der Waals surface area (Å²) in [5.41, 5.74) is 0.357. The third kappa shape index (κ3) is 5.63. The van der Waals surface area contributed by atoms with Gasteiger partial charge in [-0.15, -0.1) is 0 Å². The summed E-state index contributed by atoms with van der Waals surface area (Å²) in [4.78, 5) is 27.7. The van der Waals surface area contributed by atoms with Gasteiger partial charge in [0.1, 0.15) is 22.1 Å². The van der Waals surface area contributed by atoms with Crippen LogP contribution in [0.2, 0.25) is 0 Å². The van der Waals surface area contributed by atoms with Gasteiger partial charge in [0.2, 0.25) is 0 Å². The minimum Gasteiger partial charge on any atom is -0.444 e. The fourth-order valence-electron chi connectivity index (χ4n) is 1.99. The predicted octanol–water partition coefficient (Wildman–Crippen LogP) is 4.89. The van der Waals surface area contributed by atoms with Crippen molar-refractivity contribution in [3.05, 3.63) is 59.5 Å². The van der Waals surface area contributed by atoms with E-state index in [2.05, 4.69) is 26.2 Å². The molecule has 0 radical (unpaired) electrons. The zero-order valence-corrected chi connectivity index (χ0v) is 15.6. The van der Waals surface area contributed by atoms with E-state index < -0.39 is 22.3 Å². The second-order valence-corrected chi connectivity index (χ2v) is 7.25. The number of alkyl halides is 1. The molecule has 0 aliphatic heterocycles. The molecule has 1 aromatic carbocycles. The first kappa shape index (κ1) is 19.1. The normalized spacial score (nSPS) is 12.4. The molecular weight excluding hydrogens is 391 g/mol. The second kappa shape index (κ2) is 7.74. The number of amides is 1. The number of hydrogen-bond donors (Lipinski definition) is 1. The van der Waals surface area contributed by atoms with Crippen LogP contribution >= 0.6 is 15.9 Å². The zero-order chi connectivity index (χ0) is 18.6. The first-order chi connectivity index (χ1) is 11.7. The average Bonchev–Trinajstić information content (AvgIpc) is 2.52. The van der Waals surface area contributed by atoms with Gasteiger partial charge in [-0.1, -0.05) is 15.9 Å². The van der Waals surface area contributed by atoms with E-state index in [0.29, 0.717) is 11.1 Å². The van der Waals surface area contributed by atoms with E-state index in [1.165, 1.54) is 30.5 Å². The topological polar surface area (TPSA) is 68.3 Å². The Labute approximate surface area is 153 Å². The highest BCUT2D eigenvalue weighted by molar-refractivity contribution is 9.09. The minimum absolute atomic E-state index is 0.227. The maximum Gasteiger partial charge on any atom is 0.413 e. The third-order valence-electron chi connectivity index (χ3n) is 3.06. The summed E-state index contributed by atoms with van der Waals surface area (Å²) in [5, 5.41) is 2.53. The molecule has 7 heteroatoms. The highest BCUT2D eigenvalue weighted by Gasteiger charge is 2.21. The molecule has 0 fully saturated rings. The molecule has 0 aliphatic carbocycles. The second-order valence-electron chi connectivity index (χ2n) is 6.34. The zero-order valence-electron chi connectivity index (χ0n) is 14.0. The Morgan fingerprint density at radius 1 is 1.20 bits per heavy atom. The number of anilines is 1. The largest absolute Gasteiger partial charge is 0.444 e. The number of ether oxygens (including phenoxy) is 1. The number of carbonyl (C=O) groups excluding carboxylic acids is 2. The Morgan fingerprint density at radius 2 is 1.84 bits per heavy atom. The molecule has 0 aliphatic rings. The molecule has 1 N–H and O–H groups in total. The summed E-state index contributed by atoms with van der Waals surface area (Å²) < 4.78 is 18.1. The number of benzene rings is 1. The van der Waals surface area contributed by atoms with Gasteiger partial charge in [-0.25, -0.2) is 14.2 Å². The minimum atomic E-state index is -0.653. The Kier molecular flexibility index (Phi) is 5.89. The molecule has 0 bridgehead atoms. The predicted molar refractivity (Wildman–Crippen MR) is 96.5 cm³/mol. The van der Waals surface area contributed by atoms with Gasteiger partial charge in [0.05, 0.1) is 0 Å². The van der Waals surface area contributed by atoms with Gasteiger partial charge >= 0.3 is 6.09 Å². The highest BCUT2D eigenvalue weighted by atomic mass is 79.9. The third-order valence-corrected chi connectivity index (χ3v) is 4.01. The van der Waals surface area contributed by atoms with Crippen molar-refractivity contribution in [2.45, 2.75) is 31.2 Å². The molecule has 1 amide bonds. The molecule has 1 atom stereocenters. The number of nitrogens with zero attached hydrogens (tertiary/aromatic N) is 1. The van der Waals surface area contributed by atoms with Gasteiger partial charge in [0.25, 0.3) is 0 Å². The lowest BCUT2D eigenvalue weighted by atomic mass is 10.0. The van der Waals surface area contributed by atoms with Crippen molar-refractivity contribution >= 4 is 33.6 Å². The van der Waals surface area contributed by atoms with Gasteiger partial charge in [0.15, 0.2) is 5.78 Å². The molecule has 0 spiro atoms. The molecule has 2 rings (SSSR count). The maximum absolute atomic E-state index is 13.0. The van der Waals surface area contributed by atoms with Crippen molar-refractivity contribution in [3.8, 4) is 0 Å². The van der Waals surface area contributed by atoms with E-state index in [0.717, 1.165) is 0 Å². The molecular formula is C18H18BrFN2O3. The standard InChI is InChI=1S/C18H18BrFN2O3/c1-18(2,3)25-17(24)22-14-10-12(8-9-21-14)15(19)16(23)11-4-6-13(20)7-5-11/h4-10,15H,1-3H3,(H,21,22,24). The first-order valence-electron chi connectivity index (χ1n) is 7.55. The quantitative estimate of drug-likeness (QED) is 0.577. The number of ketones is 1. The summed E-state index contributed by atoms with van der Waals surface area (Å²) in [6, 6.07) is 8.54. The van der Waals surface area contributed by atoms with E-state index in [1.54, 1.807) is 32.9 Å². The van der Waals surface area contributed by atoms with Crippen LogP contribution in [0, 0.1) is 5.82 Å². The number of hydrogen-bond acceptors (Lipinski definition) is 4. The van der Waals surface area contributed by atoms with Gasteiger partial charge in [-0.3, -0.25) is 10.1 Å². The molecule has 0 saturated heterocycles. The average molecular weight is 409 g/mol. The number of carbonyl (C=O) groups is 2. The highest BCUT2D eigenvalue weighted by Crippen LogP contribution is 2.28. The number of rotatable bonds is 4.